The van der Waals surface area contributed by atoms with E-state index in [0.29, 0.717) is 23.4 Å². The number of hydrogen-bond donors (Lipinski definition) is 0. The van der Waals surface area contributed by atoms with E-state index in [1.807, 2.05) is 6.26 Å². The number of carbonyl (C=O) groups is 2. The highest BCUT2D eigenvalue weighted by Gasteiger charge is 2.41. The van der Waals surface area contributed by atoms with Crippen molar-refractivity contribution in [3.8, 4) is 0 Å². The van der Waals surface area contributed by atoms with E-state index in [9.17, 15) is 9.59 Å². The Morgan fingerprint density at radius 2 is 1.85 bits per heavy atom. The minimum atomic E-state index is -0.517. The fraction of sp³-hybridized carbons (Fsp3) is 0.375. The minimum Gasteiger partial charge on any atom is -0.269 e. The summed E-state index contributed by atoms with van der Waals surface area (Å²) in [7, 11) is 0. The van der Waals surface area contributed by atoms with Crippen molar-refractivity contribution >= 4 is 50.8 Å². The lowest BCUT2D eigenvalue weighted by Gasteiger charge is -2.23. The van der Waals surface area contributed by atoms with Crippen LogP contribution in [0.2, 0.25) is 0 Å². The number of nitrogens with zero attached hydrogens (tertiary/aromatic N) is 5. The van der Waals surface area contributed by atoms with Gasteiger partial charge in [-0.1, -0.05) is 18.6 Å². The standard InChI is InChI=1S/C24H23N5O2S2/c1-32-12-11-17(29-23(30)14-7-5-6-8-15(14)24(29)31)20-26-21-19-16-9-3-2-4-10-18(16)33-22(19)25-13-28(21)27-20/h5-8,13,17H,2-4,9-12H2,1H3/t17-/m0/s1. The molecule has 7 nitrogen and oxygen atoms in total. The molecule has 0 bridgehead atoms. The van der Waals surface area contributed by atoms with Crippen LogP contribution in [0.25, 0.3) is 15.9 Å². The maximum Gasteiger partial charge on any atom is 0.262 e. The van der Waals surface area contributed by atoms with Crippen molar-refractivity contribution < 1.29 is 9.59 Å². The molecule has 4 aromatic rings. The van der Waals surface area contributed by atoms with Gasteiger partial charge in [0, 0.05) is 4.88 Å². The average molecular weight is 478 g/mol. The summed E-state index contributed by atoms with van der Waals surface area (Å²) in [6.07, 6.45) is 10.1. The number of hydrogen-bond acceptors (Lipinski definition) is 7. The van der Waals surface area contributed by atoms with Gasteiger partial charge in [-0.2, -0.15) is 11.8 Å². The monoisotopic (exact) mass is 477 g/mol. The third kappa shape index (κ3) is 3.28. The van der Waals surface area contributed by atoms with Gasteiger partial charge in [-0.25, -0.2) is 14.5 Å². The van der Waals surface area contributed by atoms with Crippen molar-refractivity contribution in [3.05, 3.63) is 58.0 Å². The number of benzene rings is 1. The molecule has 1 atom stereocenters. The summed E-state index contributed by atoms with van der Waals surface area (Å²) in [5.41, 5.74) is 3.03. The number of amides is 2. The molecule has 2 amide bonds. The van der Waals surface area contributed by atoms with Gasteiger partial charge < -0.3 is 0 Å². The summed E-state index contributed by atoms with van der Waals surface area (Å²) in [4.78, 5) is 39.8. The van der Waals surface area contributed by atoms with Crippen molar-refractivity contribution in [2.24, 2.45) is 0 Å². The third-order valence-corrected chi connectivity index (χ3v) is 8.43. The Bertz CT molecular complexity index is 1370. The van der Waals surface area contributed by atoms with E-state index in [2.05, 4.69) is 4.98 Å². The van der Waals surface area contributed by atoms with Gasteiger partial charge in [-0.3, -0.25) is 14.5 Å². The van der Waals surface area contributed by atoms with E-state index in [1.165, 1.54) is 34.6 Å². The van der Waals surface area contributed by atoms with E-state index < -0.39 is 6.04 Å². The molecule has 0 unspecified atom stereocenters. The van der Waals surface area contributed by atoms with Crippen LogP contribution in [-0.2, 0) is 12.8 Å². The van der Waals surface area contributed by atoms with Gasteiger partial charge in [0.15, 0.2) is 11.5 Å². The Kier molecular flexibility index (Phi) is 5.18. The zero-order valence-corrected chi connectivity index (χ0v) is 19.9. The maximum absolute atomic E-state index is 13.2. The molecule has 0 saturated heterocycles. The summed E-state index contributed by atoms with van der Waals surface area (Å²) >= 11 is 3.44. The molecule has 33 heavy (non-hydrogen) atoms. The normalized spacial score (nSPS) is 16.9. The number of fused-ring (bicyclic) bond motifs is 6. The van der Waals surface area contributed by atoms with Gasteiger partial charge in [-0.05, 0) is 61.8 Å². The van der Waals surface area contributed by atoms with Gasteiger partial charge in [0.25, 0.3) is 11.8 Å². The molecular formula is C24H23N5O2S2. The van der Waals surface area contributed by atoms with Crippen LogP contribution in [-0.4, -0.2) is 48.3 Å². The Hall–Kier alpha value is -2.78. The van der Waals surface area contributed by atoms with Crippen molar-refractivity contribution in [3.63, 3.8) is 0 Å². The second kappa shape index (κ2) is 8.22. The summed E-state index contributed by atoms with van der Waals surface area (Å²) < 4.78 is 1.72. The summed E-state index contributed by atoms with van der Waals surface area (Å²) in [5.74, 6) is 0.748. The highest BCUT2D eigenvalue weighted by molar-refractivity contribution is 7.98. The highest BCUT2D eigenvalue weighted by Crippen LogP contribution is 2.38. The SMILES string of the molecule is CSCC[C@@H](c1nc2c3c4c(sc3ncn2n1)CCCCC4)N1C(=O)c2ccccc2C1=O. The van der Waals surface area contributed by atoms with Crippen molar-refractivity contribution in [1.29, 1.82) is 0 Å². The molecule has 2 aliphatic rings. The number of thioether (sulfide) groups is 1. The predicted molar refractivity (Wildman–Crippen MR) is 130 cm³/mol. The summed E-state index contributed by atoms with van der Waals surface area (Å²) in [5, 5.41) is 5.82. The molecule has 6 rings (SSSR count). The average Bonchev–Trinajstić information content (AvgIpc) is 3.42. The fourth-order valence-corrected chi connectivity index (χ4v) is 6.67. The van der Waals surface area contributed by atoms with Crippen molar-refractivity contribution in [2.45, 2.75) is 44.6 Å². The topological polar surface area (TPSA) is 80.5 Å². The second-order valence-electron chi connectivity index (χ2n) is 8.55. The van der Waals surface area contributed by atoms with Crippen LogP contribution >= 0.6 is 23.1 Å². The first-order chi connectivity index (χ1) is 16.2. The fourth-order valence-electron chi connectivity index (χ4n) is 4.98. The molecule has 168 valence electrons. The van der Waals surface area contributed by atoms with Crippen LogP contribution in [0.1, 0.15) is 68.7 Å². The van der Waals surface area contributed by atoms with Crippen LogP contribution in [0, 0.1) is 0 Å². The molecule has 1 aliphatic heterocycles. The second-order valence-corrected chi connectivity index (χ2v) is 10.6. The summed E-state index contributed by atoms with van der Waals surface area (Å²) in [6.45, 7) is 0. The smallest absolute Gasteiger partial charge is 0.262 e. The number of imide groups is 1. The van der Waals surface area contributed by atoms with E-state index in [4.69, 9.17) is 10.1 Å². The zero-order valence-electron chi connectivity index (χ0n) is 18.3. The number of rotatable bonds is 5. The van der Waals surface area contributed by atoms with E-state index in [1.54, 1.807) is 58.2 Å². The quantitative estimate of drug-likeness (QED) is 0.306. The van der Waals surface area contributed by atoms with Gasteiger partial charge in [0.2, 0.25) is 0 Å². The Balaban J connectivity index is 1.48. The number of aromatic nitrogens is 4. The summed E-state index contributed by atoms with van der Waals surface area (Å²) in [6, 6.07) is 6.49. The first kappa shape index (κ1) is 20.8. The lowest BCUT2D eigenvalue weighted by atomic mass is 10.1. The van der Waals surface area contributed by atoms with Gasteiger partial charge in [0.1, 0.15) is 17.2 Å². The van der Waals surface area contributed by atoms with Gasteiger partial charge in [-0.15, -0.1) is 16.4 Å². The Labute approximate surface area is 199 Å². The minimum absolute atomic E-state index is 0.270. The molecule has 1 aliphatic carbocycles. The predicted octanol–water partition coefficient (Wildman–Crippen LogP) is 4.70. The van der Waals surface area contributed by atoms with Crippen LogP contribution in [0.4, 0.5) is 0 Å². The molecule has 0 radical (unpaired) electrons. The van der Waals surface area contributed by atoms with E-state index in [-0.39, 0.29) is 11.8 Å². The first-order valence-electron chi connectivity index (χ1n) is 11.3. The van der Waals surface area contributed by atoms with Crippen LogP contribution in [0.15, 0.2) is 30.6 Å². The lowest BCUT2D eigenvalue weighted by molar-refractivity contribution is 0.0571. The molecule has 3 aromatic heterocycles. The van der Waals surface area contributed by atoms with Crippen LogP contribution < -0.4 is 0 Å². The number of aryl methyl sites for hydroxylation is 2. The largest absolute Gasteiger partial charge is 0.269 e. The highest BCUT2D eigenvalue weighted by atomic mass is 32.2. The van der Waals surface area contributed by atoms with Gasteiger partial charge >= 0.3 is 0 Å². The molecular weight excluding hydrogens is 454 g/mol. The molecule has 9 heteroatoms. The van der Waals surface area contributed by atoms with E-state index in [0.717, 1.165) is 34.5 Å². The van der Waals surface area contributed by atoms with Gasteiger partial charge in [0.05, 0.1) is 16.5 Å². The molecule has 1 aromatic carbocycles. The molecule has 0 fully saturated rings. The molecule has 4 heterocycles. The van der Waals surface area contributed by atoms with Crippen LogP contribution in [0.5, 0.6) is 0 Å². The van der Waals surface area contributed by atoms with E-state index >= 15 is 0 Å². The maximum atomic E-state index is 13.2. The Morgan fingerprint density at radius 1 is 1.09 bits per heavy atom. The third-order valence-electron chi connectivity index (χ3n) is 6.59. The van der Waals surface area contributed by atoms with Crippen molar-refractivity contribution in [2.75, 3.05) is 12.0 Å². The first-order valence-corrected chi connectivity index (χ1v) is 13.5. The molecule has 0 saturated carbocycles. The van der Waals surface area contributed by atoms with Crippen molar-refractivity contribution in [1.82, 2.24) is 24.5 Å². The van der Waals surface area contributed by atoms with Crippen LogP contribution in [0.3, 0.4) is 0 Å². The molecule has 0 N–H and O–H groups in total. The Morgan fingerprint density at radius 3 is 2.61 bits per heavy atom. The lowest BCUT2D eigenvalue weighted by Crippen LogP contribution is -2.35. The number of carbonyl (C=O) groups excluding carboxylic acids is 2. The zero-order chi connectivity index (χ0) is 22.5. The number of thiophene rings is 1. The molecule has 0 spiro atoms.